The first kappa shape index (κ1) is 16.6. The Morgan fingerprint density at radius 1 is 1.08 bits per heavy atom. The quantitative estimate of drug-likeness (QED) is 0.630. The molecule has 2 aromatic carbocycles. The average Bonchev–Trinajstić information content (AvgIpc) is 3.13. The van der Waals surface area contributed by atoms with Crippen LogP contribution in [0, 0.1) is 11.3 Å². The third-order valence-corrected chi connectivity index (χ3v) is 5.26. The topological polar surface area (TPSA) is 66.8 Å². The molecular formula is C22H24N4. The number of benzene rings is 2. The van der Waals surface area contributed by atoms with E-state index in [4.69, 9.17) is 11.1 Å². The number of piperidine rings is 1. The molecule has 1 saturated heterocycles. The molecule has 1 fully saturated rings. The predicted octanol–water partition coefficient (Wildman–Crippen LogP) is 3.84. The number of nitrogens with one attached hydrogen (secondary N) is 2. The summed E-state index contributed by atoms with van der Waals surface area (Å²) >= 11 is 0. The van der Waals surface area contributed by atoms with Crippen molar-refractivity contribution in [3.05, 3.63) is 78.1 Å². The lowest BCUT2D eigenvalue weighted by atomic mass is 9.85. The summed E-state index contributed by atoms with van der Waals surface area (Å²) in [6.07, 6.45) is 5.79. The molecular weight excluding hydrogens is 320 g/mol. The minimum atomic E-state index is 0.366. The van der Waals surface area contributed by atoms with Gasteiger partial charge in [0.1, 0.15) is 0 Å². The molecule has 0 bridgehead atoms. The van der Waals surface area contributed by atoms with Crippen molar-refractivity contribution in [2.75, 3.05) is 13.1 Å². The Bertz CT molecular complexity index is 961. The van der Waals surface area contributed by atoms with Crippen LogP contribution in [0.3, 0.4) is 0 Å². The summed E-state index contributed by atoms with van der Waals surface area (Å²) in [4.78, 5) is 0. The van der Waals surface area contributed by atoms with Crippen LogP contribution in [0.25, 0.3) is 16.6 Å². The molecule has 4 N–H and O–H groups in total. The van der Waals surface area contributed by atoms with Crippen LogP contribution in [0.5, 0.6) is 0 Å². The number of hydrogen-bond donors (Lipinski definition) is 3. The second-order valence-electron chi connectivity index (χ2n) is 6.82. The van der Waals surface area contributed by atoms with E-state index in [0.717, 1.165) is 42.8 Å². The van der Waals surface area contributed by atoms with E-state index < -0.39 is 0 Å². The summed E-state index contributed by atoms with van der Waals surface area (Å²) in [6.45, 7) is 1.98. The van der Waals surface area contributed by atoms with E-state index in [0.29, 0.717) is 11.6 Å². The van der Waals surface area contributed by atoms with Crippen molar-refractivity contribution in [1.82, 2.24) is 9.88 Å². The van der Waals surface area contributed by atoms with Crippen molar-refractivity contribution in [2.45, 2.75) is 12.8 Å². The van der Waals surface area contributed by atoms with E-state index in [9.17, 15) is 0 Å². The fourth-order valence-corrected chi connectivity index (χ4v) is 3.84. The van der Waals surface area contributed by atoms with E-state index in [1.54, 1.807) is 6.20 Å². The summed E-state index contributed by atoms with van der Waals surface area (Å²) in [5.74, 6) is 0.366. The highest BCUT2D eigenvalue weighted by atomic mass is 15.0. The Morgan fingerprint density at radius 3 is 2.69 bits per heavy atom. The van der Waals surface area contributed by atoms with Crippen LogP contribution in [-0.4, -0.2) is 23.4 Å². The largest absolute Gasteiger partial charge is 0.404 e. The maximum atomic E-state index is 8.73. The zero-order chi connectivity index (χ0) is 17.9. The van der Waals surface area contributed by atoms with E-state index in [1.807, 2.05) is 12.1 Å². The van der Waals surface area contributed by atoms with Crippen LogP contribution in [0.2, 0.25) is 0 Å². The van der Waals surface area contributed by atoms with Crippen molar-refractivity contribution in [2.24, 2.45) is 11.7 Å². The summed E-state index contributed by atoms with van der Waals surface area (Å²) in [6, 6.07) is 18.6. The zero-order valence-electron chi connectivity index (χ0n) is 14.8. The monoisotopic (exact) mass is 344 g/mol. The molecule has 0 saturated carbocycles. The van der Waals surface area contributed by atoms with Gasteiger partial charge in [-0.15, -0.1) is 0 Å². The second-order valence-corrected chi connectivity index (χ2v) is 6.82. The van der Waals surface area contributed by atoms with E-state index in [1.165, 1.54) is 10.9 Å². The van der Waals surface area contributed by atoms with Gasteiger partial charge in [0, 0.05) is 17.4 Å². The predicted molar refractivity (Wildman–Crippen MR) is 108 cm³/mol. The molecule has 0 aliphatic carbocycles. The van der Waals surface area contributed by atoms with Crippen LogP contribution < -0.4 is 11.1 Å². The smallest absolute Gasteiger partial charge is 0.0662 e. The van der Waals surface area contributed by atoms with Gasteiger partial charge in [0.05, 0.1) is 11.2 Å². The van der Waals surface area contributed by atoms with Crippen LogP contribution >= 0.6 is 0 Å². The lowest BCUT2D eigenvalue weighted by Gasteiger charge is -2.25. The lowest BCUT2D eigenvalue weighted by Crippen LogP contribution is -2.30. The molecule has 0 unspecified atom stereocenters. The van der Waals surface area contributed by atoms with Crippen LogP contribution in [0.1, 0.15) is 18.4 Å². The highest BCUT2D eigenvalue weighted by Gasteiger charge is 2.21. The third-order valence-electron chi connectivity index (χ3n) is 5.26. The van der Waals surface area contributed by atoms with Gasteiger partial charge in [0.25, 0.3) is 0 Å². The summed E-state index contributed by atoms with van der Waals surface area (Å²) < 4.78 is 2.17. The Kier molecular flexibility index (Phi) is 4.59. The molecule has 26 heavy (non-hydrogen) atoms. The van der Waals surface area contributed by atoms with Gasteiger partial charge in [-0.05, 0) is 73.3 Å². The molecule has 132 valence electrons. The lowest BCUT2D eigenvalue weighted by molar-refractivity contribution is 0.428. The fourth-order valence-electron chi connectivity index (χ4n) is 3.84. The molecule has 0 radical (unpaired) electrons. The van der Waals surface area contributed by atoms with Gasteiger partial charge in [-0.3, -0.25) is 5.41 Å². The average molecular weight is 344 g/mol. The van der Waals surface area contributed by atoms with Crippen LogP contribution in [0.15, 0.2) is 72.6 Å². The number of hydrogen-bond acceptors (Lipinski definition) is 3. The second kappa shape index (κ2) is 7.18. The van der Waals surface area contributed by atoms with E-state index in [2.05, 4.69) is 58.5 Å². The SMILES string of the molecule is N=C(C(=CN)C1CCNCC1)c1cccc(-n2ccc3ccccc32)c1. The van der Waals surface area contributed by atoms with Crippen molar-refractivity contribution < 1.29 is 0 Å². The molecule has 1 aromatic heterocycles. The molecule has 1 aliphatic heterocycles. The Hall–Kier alpha value is -2.85. The summed E-state index contributed by atoms with van der Waals surface area (Å²) in [7, 11) is 0. The summed E-state index contributed by atoms with van der Waals surface area (Å²) in [5.41, 5.74) is 10.6. The van der Waals surface area contributed by atoms with Crippen LogP contribution in [0.4, 0.5) is 0 Å². The first-order valence-corrected chi connectivity index (χ1v) is 9.16. The minimum Gasteiger partial charge on any atom is -0.404 e. The first-order chi connectivity index (χ1) is 12.8. The van der Waals surface area contributed by atoms with Gasteiger partial charge in [-0.2, -0.15) is 0 Å². The Labute approximate surface area is 153 Å². The zero-order valence-corrected chi connectivity index (χ0v) is 14.8. The molecule has 4 nitrogen and oxygen atoms in total. The molecule has 3 aromatic rings. The standard InChI is InChI=1S/C22H24N4/c23-15-20(16-8-11-25-12-9-16)22(24)18-5-3-6-19(14-18)26-13-10-17-4-1-2-7-21(17)26/h1-7,10,13-16,24-25H,8-9,11-12,23H2. The third kappa shape index (κ3) is 3.04. The Balaban J connectivity index is 1.68. The fraction of sp³-hybridized carbons (Fsp3) is 0.227. The van der Waals surface area contributed by atoms with E-state index >= 15 is 0 Å². The normalized spacial score (nSPS) is 16.1. The molecule has 4 rings (SSSR count). The molecule has 0 atom stereocenters. The van der Waals surface area contributed by atoms with Gasteiger partial charge < -0.3 is 15.6 Å². The van der Waals surface area contributed by atoms with Gasteiger partial charge in [-0.1, -0.05) is 30.3 Å². The van der Waals surface area contributed by atoms with Gasteiger partial charge in [0.2, 0.25) is 0 Å². The van der Waals surface area contributed by atoms with Crippen LogP contribution in [-0.2, 0) is 0 Å². The number of para-hydroxylation sites is 1. The summed E-state index contributed by atoms with van der Waals surface area (Å²) in [5, 5.41) is 13.3. The Morgan fingerprint density at radius 2 is 1.88 bits per heavy atom. The molecule has 1 aliphatic rings. The van der Waals surface area contributed by atoms with Gasteiger partial charge >= 0.3 is 0 Å². The van der Waals surface area contributed by atoms with Crippen molar-refractivity contribution in [1.29, 1.82) is 5.41 Å². The number of aromatic nitrogens is 1. The number of nitrogens with zero attached hydrogens (tertiary/aromatic N) is 1. The number of nitrogens with two attached hydrogens (primary N) is 1. The minimum absolute atomic E-state index is 0.366. The highest BCUT2D eigenvalue weighted by molar-refractivity contribution is 6.11. The maximum absolute atomic E-state index is 8.73. The molecule has 0 spiro atoms. The van der Waals surface area contributed by atoms with Crippen molar-refractivity contribution in [3.8, 4) is 5.69 Å². The van der Waals surface area contributed by atoms with Crippen molar-refractivity contribution in [3.63, 3.8) is 0 Å². The van der Waals surface area contributed by atoms with E-state index in [-0.39, 0.29) is 0 Å². The van der Waals surface area contributed by atoms with Crippen molar-refractivity contribution >= 4 is 16.6 Å². The number of allylic oxidation sites excluding steroid dienone is 1. The van der Waals surface area contributed by atoms with Gasteiger partial charge in [-0.25, -0.2) is 0 Å². The molecule has 2 heterocycles. The van der Waals surface area contributed by atoms with Gasteiger partial charge in [0.15, 0.2) is 0 Å². The first-order valence-electron chi connectivity index (χ1n) is 9.16. The number of fused-ring (bicyclic) bond motifs is 1. The molecule has 4 heteroatoms. The number of rotatable bonds is 4. The maximum Gasteiger partial charge on any atom is 0.0662 e. The highest BCUT2D eigenvalue weighted by Crippen LogP contribution is 2.26. The molecule has 0 amide bonds.